The highest BCUT2D eigenvalue weighted by Gasteiger charge is 2.38. The van der Waals surface area contributed by atoms with E-state index in [2.05, 4.69) is 21.2 Å². The Morgan fingerprint density at radius 2 is 2.12 bits per heavy atom. The van der Waals surface area contributed by atoms with Crippen molar-refractivity contribution >= 4 is 11.7 Å². The summed E-state index contributed by atoms with van der Waals surface area (Å²) in [6.45, 7) is 12.9. The first-order valence-electron chi connectivity index (χ1n) is 10.2. The lowest BCUT2D eigenvalue weighted by atomic mass is 9.80. The number of fused-ring (bicyclic) bond motifs is 1. The molecular formula is C24H24N4O4. The van der Waals surface area contributed by atoms with Crippen LogP contribution in [0.1, 0.15) is 42.1 Å². The van der Waals surface area contributed by atoms with E-state index in [-0.39, 0.29) is 13.2 Å². The molecule has 0 radical (unpaired) electrons. The summed E-state index contributed by atoms with van der Waals surface area (Å²) in [7, 11) is 1.52. The van der Waals surface area contributed by atoms with Gasteiger partial charge in [-0.3, -0.25) is 0 Å². The predicted octanol–water partition coefficient (Wildman–Crippen LogP) is 3.96. The van der Waals surface area contributed by atoms with Gasteiger partial charge in [-0.05, 0) is 39.0 Å². The molecule has 0 bridgehead atoms. The van der Waals surface area contributed by atoms with Crippen molar-refractivity contribution in [3.05, 3.63) is 69.3 Å². The normalized spacial score (nSPS) is 14.5. The fourth-order valence-corrected chi connectivity index (χ4v) is 3.78. The minimum atomic E-state index is -0.607. The van der Waals surface area contributed by atoms with Gasteiger partial charge in [-0.15, -0.1) is 0 Å². The number of methoxy groups -OCH3 is 1. The molecule has 0 saturated heterocycles. The first-order valence-corrected chi connectivity index (χ1v) is 10.2. The summed E-state index contributed by atoms with van der Waals surface area (Å²) >= 11 is 0. The van der Waals surface area contributed by atoms with Crippen molar-refractivity contribution in [3.63, 3.8) is 0 Å². The molecule has 8 heteroatoms. The van der Waals surface area contributed by atoms with Crippen LogP contribution < -0.4 is 14.8 Å². The molecule has 3 rings (SSSR count). The second-order valence-corrected chi connectivity index (χ2v) is 7.15. The number of pyridine rings is 1. The van der Waals surface area contributed by atoms with Crippen molar-refractivity contribution in [1.82, 2.24) is 4.98 Å². The van der Waals surface area contributed by atoms with Crippen molar-refractivity contribution < 1.29 is 19.0 Å². The zero-order valence-electron chi connectivity index (χ0n) is 18.5. The Labute approximate surface area is 187 Å². The molecule has 1 aliphatic rings. The number of ether oxygens (including phenoxy) is 3. The van der Waals surface area contributed by atoms with Crippen LogP contribution in [0.15, 0.2) is 35.5 Å². The smallest absolute Gasteiger partial charge is 0.337 e. The number of nitrogens with zero attached hydrogens (tertiary/aromatic N) is 3. The zero-order chi connectivity index (χ0) is 23.3. The number of nitrogens with one attached hydrogen (secondary N) is 1. The van der Waals surface area contributed by atoms with Crippen LogP contribution in [-0.4, -0.2) is 37.8 Å². The van der Waals surface area contributed by atoms with E-state index in [4.69, 9.17) is 20.8 Å². The van der Waals surface area contributed by atoms with Crippen LogP contribution in [0.2, 0.25) is 0 Å². The van der Waals surface area contributed by atoms with Gasteiger partial charge in [-0.2, -0.15) is 5.26 Å². The molecule has 0 saturated carbocycles. The molecule has 0 amide bonds. The van der Waals surface area contributed by atoms with Crippen molar-refractivity contribution in [1.29, 1.82) is 5.26 Å². The lowest BCUT2D eigenvalue weighted by Gasteiger charge is -2.32. The molecule has 0 spiro atoms. The van der Waals surface area contributed by atoms with E-state index in [1.54, 1.807) is 25.1 Å². The molecule has 0 fully saturated rings. The van der Waals surface area contributed by atoms with Crippen molar-refractivity contribution in [2.24, 2.45) is 0 Å². The molecule has 2 aromatic rings. The number of hydrogen-bond acceptors (Lipinski definition) is 7. The van der Waals surface area contributed by atoms with Crippen LogP contribution in [0.3, 0.4) is 0 Å². The van der Waals surface area contributed by atoms with Crippen LogP contribution in [0, 0.1) is 24.8 Å². The molecule has 1 atom stereocenters. The van der Waals surface area contributed by atoms with Crippen molar-refractivity contribution in [3.8, 4) is 17.7 Å². The van der Waals surface area contributed by atoms with E-state index in [1.807, 2.05) is 19.9 Å². The zero-order valence-corrected chi connectivity index (χ0v) is 18.5. The molecule has 164 valence electrons. The van der Waals surface area contributed by atoms with Crippen LogP contribution in [0.4, 0.5) is 5.69 Å². The number of anilines is 1. The quantitative estimate of drug-likeness (QED) is 0.402. The molecule has 1 N–H and O–H groups in total. The maximum absolute atomic E-state index is 13.2. The summed E-state index contributed by atoms with van der Waals surface area (Å²) in [5, 5.41) is 12.6. The van der Waals surface area contributed by atoms with Gasteiger partial charge < -0.3 is 24.4 Å². The van der Waals surface area contributed by atoms with Crippen molar-refractivity contribution in [2.45, 2.75) is 26.7 Å². The summed E-state index contributed by atoms with van der Waals surface area (Å²) < 4.78 is 16.8. The Bertz CT molecular complexity index is 1160. The second-order valence-electron chi connectivity index (χ2n) is 7.15. The van der Waals surface area contributed by atoms with Gasteiger partial charge in [0.15, 0.2) is 6.61 Å². The van der Waals surface area contributed by atoms with Crippen LogP contribution in [0.5, 0.6) is 11.6 Å². The van der Waals surface area contributed by atoms with Gasteiger partial charge in [-0.1, -0.05) is 6.07 Å². The van der Waals surface area contributed by atoms with Gasteiger partial charge in [0.2, 0.25) is 12.4 Å². The third-order valence-corrected chi connectivity index (χ3v) is 5.07. The van der Waals surface area contributed by atoms with Crippen LogP contribution in [-0.2, 0) is 9.53 Å². The SMILES string of the molecule is [C-]#[N+]CCOC(=O)C1=C(C)Nc2cc(C)nc(OCC)c2C1c1ccc(C#N)cc1OC. The standard InChI is InChI=1S/C24H24N4O4/c1-6-31-23-22-18(11-14(2)27-23)28-15(3)20(24(29)32-10-9-26-4)21(22)17-8-7-16(13-25)12-19(17)30-5/h7-8,11-12,21,28H,6,9-10H2,1-3,5H3. The highest BCUT2D eigenvalue weighted by Crippen LogP contribution is 2.48. The first-order chi connectivity index (χ1) is 15.4. The highest BCUT2D eigenvalue weighted by atomic mass is 16.5. The van der Waals surface area contributed by atoms with Gasteiger partial charge in [0.05, 0.1) is 42.4 Å². The van der Waals surface area contributed by atoms with Gasteiger partial charge in [0.25, 0.3) is 0 Å². The number of carbonyl (C=O) groups is 1. The van der Waals surface area contributed by atoms with E-state index in [0.717, 1.165) is 11.4 Å². The number of benzene rings is 1. The number of carbonyl (C=O) groups excluding carboxylic acids is 1. The molecule has 1 aromatic heterocycles. The largest absolute Gasteiger partial charge is 0.496 e. The Morgan fingerprint density at radius 3 is 2.78 bits per heavy atom. The summed E-state index contributed by atoms with van der Waals surface area (Å²) in [5.74, 6) is -0.276. The summed E-state index contributed by atoms with van der Waals surface area (Å²) in [5.41, 5.74) is 4.33. The number of nitriles is 1. The molecular weight excluding hydrogens is 408 g/mol. The maximum atomic E-state index is 13.2. The molecule has 0 aliphatic carbocycles. The van der Waals surface area contributed by atoms with E-state index in [0.29, 0.717) is 46.2 Å². The van der Waals surface area contributed by atoms with E-state index < -0.39 is 11.9 Å². The summed E-state index contributed by atoms with van der Waals surface area (Å²) in [6, 6.07) is 9.09. The Balaban J connectivity index is 2.27. The average molecular weight is 432 g/mol. The molecule has 32 heavy (non-hydrogen) atoms. The lowest BCUT2D eigenvalue weighted by molar-refractivity contribution is -0.138. The fraction of sp³-hybridized carbons (Fsp3) is 0.333. The molecule has 2 heterocycles. The maximum Gasteiger partial charge on any atom is 0.337 e. The third-order valence-electron chi connectivity index (χ3n) is 5.07. The van der Waals surface area contributed by atoms with E-state index in [9.17, 15) is 10.1 Å². The first kappa shape index (κ1) is 22.6. The number of hydrogen-bond donors (Lipinski definition) is 1. The topological polar surface area (TPSA) is 97.8 Å². The van der Waals surface area contributed by atoms with Crippen LogP contribution >= 0.6 is 0 Å². The minimum absolute atomic E-state index is 0.00629. The molecule has 8 nitrogen and oxygen atoms in total. The number of esters is 1. The number of aryl methyl sites for hydroxylation is 1. The van der Waals surface area contributed by atoms with Crippen molar-refractivity contribution in [2.75, 3.05) is 32.2 Å². The molecule has 1 unspecified atom stereocenters. The molecule has 1 aromatic carbocycles. The number of allylic oxidation sites excluding steroid dienone is 1. The molecule has 1 aliphatic heterocycles. The fourth-order valence-electron chi connectivity index (χ4n) is 3.78. The van der Waals surface area contributed by atoms with E-state index >= 15 is 0 Å². The average Bonchev–Trinajstić information content (AvgIpc) is 2.77. The monoisotopic (exact) mass is 432 g/mol. The summed E-state index contributed by atoms with van der Waals surface area (Å²) in [4.78, 5) is 21.0. The Morgan fingerprint density at radius 1 is 1.34 bits per heavy atom. The lowest BCUT2D eigenvalue weighted by Crippen LogP contribution is -2.26. The van der Waals surface area contributed by atoms with Gasteiger partial charge in [0.1, 0.15) is 5.75 Å². The highest BCUT2D eigenvalue weighted by molar-refractivity contribution is 5.95. The van der Waals surface area contributed by atoms with Crippen LogP contribution in [0.25, 0.3) is 4.85 Å². The van der Waals surface area contributed by atoms with Gasteiger partial charge in [-0.25, -0.2) is 16.4 Å². The third kappa shape index (κ3) is 4.35. The second kappa shape index (κ2) is 9.84. The predicted molar refractivity (Wildman–Crippen MR) is 118 cm³/mol. The Kier molecular flexibility index (Phi) is 6.97. The van der Waals surface area contributed by atoms with Gasteiger partial charge >= 0.3 is 5.97 Å². The number of aromatic nitrogens is 1. The summed E-state index contributed by atoms with van der Waals surface area (Å²) in [6.07, 6.45) is 0. The number of rotatable bonds is 7. The minimum Gasteiger partial charge on any atom is -0.496 e. The Hall–Kier alpha value is -4.04. The van der Waals surface area contributed by atoms with E-state index in [1.165, 1.54) is 7.11 Å². The van der Waals surface area contributed by atoms with Gasteiger partial charge in [0, 0.05) is 22.6 Å².